The largest absolute Gasteiger partial charge is 0.493 e. The van der Waals surface area contributed by atoms with Gasteiger partial charge in [0.1, 0.15) is 6.26 Å². The fraction of sp³-hybridized carbons (Fsp3) is 0.263. The van der Waals surface area contributed by atoms with Crippen molar-refractivity contribution in [2.45, 2.75) is 13.5 Å². The predicted octanol–water partition coefficient (Wildman–Crippen LogP) is 4.26. The molecule has 4 heteroatoms. The van der Waals surface area contributed by atoms with Gasteiger partial charge in [-0.25, -0.2) is 0 Å². The molecule has 0 saturated carbocycles. The van der Waals surface area contributed by atoms with E-state index in [1.54, 1.807) is 20.5 Å². The zero-order valence-corrected chi connectivity index (χ0v) is 13.7. The van der Waals surface area contributed by atoms with E-state index in [-0.39, 0.29) is 0 Å². The first-order chi connectivity index (χ1) is 11.3. The van der Waals surface area contributed by atoms with E-state index in [2.05, 4.69) is 0 Å². The maximum Gasteiger partial charge on any atom is 0.168 e. The lowest BCUT2D eigenvalue weighted by molar-refractivity contribution is 0.184. The summed E-state index contributed by atoms with van der Waals surface area (Å²) in [7, 11) is 3.28. The van der Waals surface area contributed by atoms with Crippen LogP contribution in [-0.4, -0.2) is 20.8 Å². The van der Waals surface area contributed by atoms with Crippen molar-refractivity contribution >= 4 is 5.76 Å². The van der Waals surface area contributed by atoms with E-state index in [4.69, 9.17) is 18.9 Å². The highest BCUT2D eigenvalue weighted by Gasteiger charge is 2.08. The van der Waals surface area contributed by atoms with Gasteiger partial charge in [0.25, 0.3) is 0 Å². The highest BCUT2D eigenvalue weighted by molar-refractivity contribution is 5.59. The Balaban J connectivity index is 2.22. The Labute approximate surface area is 137 Å². The molecule has 0 spiro atoms. The molecule has 23 heavy (non-hydrogen) atoms. The van der Waals surface area contributed by atoms with E-state index in [1.165, 1.54) is 0 Å². The van der Waals surface area contributed by atoms with Crippen molar-refractivity contribution in [3.63, 3.8) is 0 Å². The molecular weight excluding hydrogens is 292 g/mol. The molecule has 2 rings (SSSR count). The average molecular weight is 314 g/mol. The topological polar surface area (TPSA) is 36.9 Å². The van der Waals surface area contributed by atoms with Gasteiger partial charge in [-0.3, -0.25) is 0 Å². The van der Waals surface area contributed by atoms with Crippen LogP contribution in [0, 0.1) is 0 Å². The van der Waals surface area contributed by atoms with Crippen LogP contribution >= 0.6 is 0 Å². The summed E-state index contributed by atoms with van der Waals surface area (Å²) in [6.07, 6.45) is 1.59. The van der Waals surface area contributed by atoms with Gasteiger partial charge in [-0.05, 0) is 24.6 Å². The van der Waals surface area contributed by atoms with Gasteiger partial charge in [0, 0.05) is 12.7 Å². The molecule has 0 atom stereocenters. The molecule has 0 fully saturated rings. The maximum absolute atomic E-state index is 5.78. The lowest BCUT2D eigenvalue weighted by Gasteiger charge is -2.12. The van der Waals surface area contributed by atoms with Crippen molar-refractivity contribution in [2.75, 3.05) is 20.8 Å². The Hall–Kier alpha value is -2.46. The first-order valence-corrected chi connectivity index (χ1v) is 7.49. The molecule has 122 valence electrons. The normalized spacial score (nSPS) is 11.2. The van der Waals surface area contributed by atoms with E-state index in [1.807, 2.05) is 55.5 Å². The third-order valence-electron chi connectivity index (χ3n) is 3.19. The van der Waals surface area contributed by atoms with Crippen molar-refractivity contribution < 1.29 is 18.9 Å². The highest BCUT2D eigenvalue weighted by atomic mass is 16.5. The van der Waals surface area contributed by atoms with E-state index in [0.29, 0.717) is 30.5 Å². The Morgan fingerprint density at radius 1 is 1.00 bits per heavy atom. The smallest absolute Gasteiger partial charge is 0.168 e. The van der Waals surface area contributed by atoms with Crippen molar-refractivity contribution in [1.82, 2.24) is 0 Å². The summed E-state index contributed by atoms with van der Waals surface area (Å²) in [6.45, 7) is 3.03. The van der Waals surface area contributed by atoms with Gasteiger partial charge in [-0.2, -0.15) is 0 Å². The third-order valence-corrected chi connectivity index (χ3v) is 3.19. The number of hydrogen-bond donors (Lipinski definition) is 0. The standard InChI is InChI=1S/C19H22O4/c1-4-22-18-12-15(13-20-2)10-11-17(18)23-14-19(21-3)16-8-6-5-7-9-16/h5-12,14H,4,13H2,1-3H3. The molecular formula is C19H22O4. The summed E-state index contributed by atoms with van der Waals surface area (Å²) >= 11 is 0. The van der Waals surface area contributed by atoms with Gasteiger partial charge in [-0.15, -0.1) is 0 Å². The molecule has 0 saturated heterocycles. The van der Waals surface area contributed by atoms with Crippen LogP contribution in [0.15, 0.2) is 54.8 Å². The zero-order chi connectivity index (χ0) is 16.5. The Kier molecular flexibility index (Phi) is 6.51. The second kappa shape index (κ2) is 8.86. The van der Waals surface area contributed by atoms with Gasteiger partial charge < -0.3 is 18.9 Å². The van der Waals surface area contributed by atoms with Gasteiger partial charge in [0.15, 0.2) is 17.3 Å². The van der Waals surface area contributed by atoms with Crippen LogP contribution in [-0.2, 0) is 16.1 Å². The summed E-state index contributed by atoms with van der Waals surface area (Å²) in [5.74, 6) is 1.97. The molecule has 0 aromatic heterocycles. The Bertz CT molecular complexity index is 635. The number of rotatable bonds is 8. The zero-order valence-electron chi connectivity index (χ0n) is 13.7. The lowest BCUT2D eigenvalue weighted by atomic mass is 10.2. The quantitative estimate of drug-likeness (QED) is 0.682. The predicted molar refractivity (Wildman–Crippen MR) is 90.4 cm³/mol. The minimum Gasteiger partial charge on any atom is -0.493 e. The maximum atomic E-state index is 5.78. The van der Waals surface area contributed by atoms with E-state index >= 15 is 0 Å². The van der Waals surface area contributed by atoms with Crippen LogP contribution in [0.5, 0.6) is 11.5 Å². The second-order valence-electron chi connectivity index (χ2n) is 4.82. The molecule has 2 aromatic carbocycles. The van der Waals surface area contributed by atoms with Crippen molar-refractivity contribution in [3.8, 4) is 11.5 Å². The first kappa shape index (κ1) is 16.9. The molecule has 0 radical (unpaired) electrons. The van der Waals surface area contributed by atoms with Crippen LogP contribution in [0.1, 0.15) is 18.1 Å². The molecule has 0 amide bonds. The van der Waals surface area contributed by atoms with Crippen LogP contribution in [0.4, 0.5) is 0 Å². The Morgan fingerprint density at radius 3 is 2.43 bits per heavy atom. The van der Waals surface area contributed by atoms with Gasteiger partial charge in [-0.1, -0.05) is 36.4 Å². The van der Waals surface area contributed by atoms with Crippen LogP contribution in [0.2, 0.25) is 0 Å². The average Bonchev–Trinajstić information content (AvgIpc) is 2.58. The summed E-state index contributed by atoms with van der Waals surface area (Å²) in [5.41, 5.74) is 1.98. The first-order valence-electron chi connectivity index (χ1n) is 7.49. The molecule has 0 aliphatic carbocycles. The second-order valence-corrected chi connectivity index (χ2v) is 4.82. The van der Waals surface area contributed by atoms with Crippen LogP contribution in [0.25, 0.3) is 5.76 Å². The number of hydrogen-bond acceptors (Lipinski definition) is 4. The molecule has 0 bridgehead atoms. The Morgan fingerprint density at radius 2 is 1.78 bits per heavy atom. The summed E-state index contributed by atoms with van der Waals surface area (Å²) in [5, 5.41) is 0. The van der Waals surface area contributed by atoms with Crippen molar-refractivity contribution in [1.29, 1.82) is 0 Å². The van der Waals surface area contributed by atoms with Crippen LogP contribution < -0.4 is 9.47 Å². The molecule has 0 aliphatic heterocycles. The number of methoxy groups -OCH3 is 2. The molecule has 0 heterocycles. The fourth-order valence-electron chi connectivity index (χ4n) is 2.13. The van der Waals surface area contributed by atoms with E-state index < -0.39 is 0 Å². The highest BCUT2D eigenvalue weighted by Crippen LogP contribution is 2.30. The van der Waals surface area contributed by atoms with Gasteiger partial charge in [0.05, 0.1) is 20.3 Å². The van der Waals surface area contributed by atoms with Gasteiger partial charge in [0.2, 0.25) is 0 Å². The third kappa shape index (κ3) is 4.76. The number of ether oxygens (including phenoxy) is 4. The summed E-state index contributed by atoms with van der Waals surface area (Å²) in [4.78, 5) is 0. The summed E-state index contributed by atoms with van der Waals surface area (Å²) < 4.78 is 22.0. The van der Waals surface area contributed by atoms with Crippen molar-refractivity contribution in [3.05, 3.63) is 65.9 Å². The fourth-order valence-corrected chi connectivity index (χ4v) is 2.13. The summed E-state index contributed by atoms with van der Waals surface area (Å²) in [6, 6.07) is 15.5. The van der Waals surface area contributed by atoms with E-state index in [0.717, 1.165) is 11.1 Å². The number of benzene rings is 2. The minimum atomic E-state index is 0.531. The minimum absolute atomic E-state index is 0.531. The lowest BCUT2D eigenvalue weighted by Crippen LogP contribution is -1.98. The SMILES string of the molecule is CCOc1cc(COC)ccc1OC=C(OC)c1ccccc1. The van der Waals surface area contributed by atoms with Crippen molar-refractivity contribution in [2.24, 2.45) is 0 Å². The van der Waals surface area contributed by atoms with E-state index in [9.17, 15) is 0 Å². The van der Waals surface area contributed by atoms with Gasteiger partial charge >= 0.3 is 0 Å². The molecule has 0 N–H and O–H groups in total. The molecule has 0 aliphatic rings. The molecule has 4 nitrogen and oxygen atoms in total. The molecule has 2 aromatic rings. The molecule has 0 unspecified atom stereocenters. The monoisotopic (exact) mass is 314 g/mol. The van der Waals surface area contributed by atoms with Crippen LogP contribution in [0.3, 0.4) is 0 Å².